The lowest BCUT2D eigenvalue weighted by molar-refractivity contribution is 0.490. The normalized spacial score (nSPS) is 19.7. The summed E-state index contributed by atoms with van der Waals surface area (Å²) in [6, 6.07) is 26.2. The molecule has 0 spiro atoms. The Morgan fingerprint density at radius 1 is 0.833 bits per heavy atom. The second-order valence-corrected chi connectivity index (χ2v) is 11.5. The van der Waals surface area contributed by atoms with Crippen LogP contribution in [0.15, 0.2) is 125 Å². The molecule has 0 saturated carbocycles. The number of furan rings is 1. The quantitative estimate of drug-likeness (QED) is 0.222. The highest BCUT2D eigenvalue weighted by atomic mass is 16.3. The van der Waals surface area contributed by atoms with Gasteiger partial charge in [0.15, 0.2) is 0 Å². The first kappa shape index (κ1) is 26.2. The summed E-state index contributed by atoms with van der Waals surface area (Å²) in [7, 11) is 0. The van der Waals surface area contributed by atoms with Gasteiger partial charge < -0.3 is 4.42 Å². The molecule has 0 N–H and O–H groups in total. The highest BCUT2D eigenvalue weighted by Crippen LogP contribution is 2.41. The molecule has 2 aliphatic rings. The van der Waals surface area contributed by atoms with Gasteiger partial charge in [0.1, 0.15) is 11.2 Å². The van der Waals surface area contributed by atoms with Crippen LogP contribution in [0.3, 0.4) is 0 Å². The van der Waals surface area contributed by atoms with E-state index in [1.807, 2.05) is 12.2 Å². The van der Waals surface area contributed by atoms with Gasteiger partial charge in [0.2, 0.25) is 0 Å². The molecule has 0 bridgehead atoms. The number of fused-ring (bicyclic) bond motifs is 8. The van der Waals surface area contributed by atoms with Gasteiger partial charge in [-0.15, -0.1) is 0 Å². The summed E-state index contributed by atoms with van der Waals surface area (Å²) in [5.41, 5.74) is 14.0. The number of benzene rings is 4. The molecule has 2 aliphatic heterocycles. The van der Waals surface area contributed by atoms with Crippen molar-refractivity contribution in [2.45, 2.75) is 45.1 Å². The molecule has 3 nitrogen and oxygen atoms in total. The van der Waals surface area contributed by atoms with E-state index in [4.69, 9.17) is 14.4 Å². The van der Waals surface area contributed by atoms with Gasteiger partial charge in [0.25, 0.3) is 0 Å². The van der Waals surface area contributed by atoms with Crippen LogP contribution in [0, 0.1) is 13.8 Å². The van der Waals surface area contributed by atoms with Crippen LogP contribution in [0.1, 0.15) is 52.1 Å². The molecule has 0 amide bonds. The highest BCUT2D eigenvalue weighted by Gasteiger charge is 2.32. The minimum Gasteiger partial charge on any atom is -0.455 e. The summed E-state index contributed by atoms with van der Waals surface area (Å²) in [5, 5.41) is 2.20. The molecular formula is C39H34N2O. The Hall–Kier alpha value is -4.76. The Kier molecular flexibility index (Phi) is 6.39. The average Bonchev–Trinajstić information content (AvgIpc) is 3.36. The Balaban J connectivity index is 1.39. The van der Waals surface area contributed by atoms with Crippen molar-refractivity contribution < 1.29 is 4.42 Å². The Morgan fingerprint density at radius 2 is 1.60 bits per heavy atom. The van der Waals surface area contributed by atoms with Crippen LogP contribution in [0.25, 0.3) is 33.1 Å². The van der Waals surface area contributed by atoms with Crippen molar-refractivity contribution in [1.82, 2.24) is 0 Å². The molecule has 5 aromatic rings. The van der Waals surface area contributed by atoms with E-state index in [1.54, 1.807) is 0 Å². The predicted molar refractivity (Wildman–Crippen MR) is 177 cm³/mol. The van der Waals surface area contributed by atoms with Crippen molar-refractivity contribution in [1.29, 1.82) is 0 Å². The third-order valence-electron chi connectivity index (χ3n) is 8.99. The number of hydrogen-bond acceptors (Lipinski definition) is 3. The topological polar surface area (TPSA) is 37.9 Å². The summed E-state index contributed by atoms with van der Waals surface area (Å²) in [5.74, 6) is 0.265. The molecule has 0 saturated heterocycles. The predicted octanol–water partition coefficient (Wildman–Crippen LogP) is 9.84. The Labute approximate surface area is 247 Å². The molecule has 206 valence electrons. The smallest absolute Gasteiger partial charge is 0.145 e. The lowest BCUT2D eigenvalue weighted by Crippen LogP contribution is -2.27. The lowest BCUT2D eigenvalue weighted by Gasteiger charge is -2.32. The first-order chi connectivity index (χ1) is 20.5. The first-order valence-electron chi connectivity index (χ1n) is 14.7. The van der Waals surface area contributed by atoms with E-state index < -0.39 is 0 Å². The highest BCUT2D eigenvalue weighted by molar-refractivity contribution is 6.20. The minimum atomic E-state index is 0.0648. The van der Waals surface area contributed by atoms with Gasteiger partial charge in [-0.3, -0.25) is 9.98 Å². The standard InChI is InChI=1S/C39H34N2O/c1-6-33-29-14-9-8-13-28(29)30-18-15-26-16-20-32-31-19-17-27(37-23(3)11-10-12-24(37)4)22-36(31)42-39(32)38(26)34(7-2)40-25(5)21-35(30)41-33/h6-14,16-17,19-20,22,30,35H,1-2,5,15,18,21H2,3-4H3/b40-34-. The first-order valence-corrected chi connectivity index (χ1v) is 14.7. The van der Waals surface area contributed by atoms with Crippen molar-refractivity contribution in [3.63, 3.8) is 0 Å². The van der Waals surface area contributed by atoms with Gasteiger partial charge in [-0.2, -0.15) is 0 Å². The molecular weight excluding hydrogens is 512 g/mol. The van der Waals surface area contributed by atoms with Crippen molar-refractivity contribution in [3.05, 3.63) is 144 Å². The summed E-state index contributed by atoms with van der Waals surface area (Å²) in [6.45, 7) is 16.9. The van der Waals surface area contributed by atoms with Crippen molar-refractivity contribution in [3.8, 4) is 11.1 Å². The van der Waals surface area contributed by atoms with Gasteiger partial charge in [0, 0.05) is 39.9 Å². The van der Waals surface area contributed by atoms with Gasteiger partial charge in [0.05, 0.1) is 17.5 Å². The monoisotopic (exact) mass is 546 g/mol. The molecule has 0 radical (unpaired) electrons. The number of allylic oxidation sites excluding steroid dienone is 2. The van der Waals surface area contributed by atoms with Crippen molar-refractivity contribution >= 4 is 33.4 Å². The molecule has 7 rings (SSSR count). The zero-order valence-corrected chi connectivity index (χ0v) is 24.3. The Bertz CT molecular complexity index is 1980. The summed E-state index contributed by atoms with van der Waals surface area (Å²) >= 11 is 0. The third kappa shape index (κ3) is 4.19. The van der Waals surface area contributed by atoms with Crippen LogP contribution in [0.5, 0.6) is 0 Å². The molecule has 2 atom stereocenters. The number of nitrogens with zero attached hydrogens (tertiary/aromatic N) is 2. The molecule has 4 aromatic carbocycles. The number of aryl methyl sites for hydroxylation is 3. The molecule has 0 fully saturated rings. The van der Waals surface area contributed by atoms with Gasteiger partial charge in [-0.05, 0) is 84.4 Å². The largest absolute Gasteiger partial charge is 0.455 e. The second kappa shape index (κ2) is 10.3. The van der Waals surface area contributed by atoms with E-state index >= 15 is 0 Å². The maximum absolute atomic E-state index is 6.73. The fraction of sp³-hybridized carbons (Fsp3) is 0.179. The van der Waals surface area contributed by atoms with Gasteiger partial charge in [-0.1, -0.05) is 80.4 Å². The van der Waals surface area contributed by atoms with E-state index in [9.17, 15) is 0 Å². The third-order valence-corrected chi connectivity index (χ3v) is 8.99. The van der Waals surface area contributed by atoms with Crippen LogP contribution in [-0.4, -0.2) is 17.5 Å². The van der Waals surface area contributed by atoms with Crippen molar-refractivity contribution in [2.75, 3.05) is 0 Å². The van der Waals surface area contributed by atoms with E-state index in [-0.39, 0.29) is 12.0 Å². The fourth-order valence-corrected chi connectivity index (χ4v) is 7.06. The number of aliphatic imine (C=N–C) groups is 2. The van der Waals surface area contributed by atoms with Crippen molar-refractivity contribution in [2.24, 2.45) is 9.98 Å². The molecule has 3 heteroatoms. The number of hydrogen-bond donors (Lipinski definition) is 0. The molecule has 2 unspecified atom stereocenters. The maximum atomic E-state index is 6.73. The summed E-state index contributed by atoms with van der Waals surface area (Å²) < 4.78 is 6.73. The zero-order chi connectivity index (χ0) is 29.0. The van der Waals surface area contributed by atoms with Crippen LogP contribution in [-0.2, 0) is 6.42 Å². The van der Waals surface area contributed by atoms with Gasteiger partial charge >= 0.3 is 0 Å². The molecule has 3 heterocycles. The van der Waals surface area contributed by atoms with Crippen LogP contribution < -0.4 is 0 Å². The fourth-order valence-electron chi connectivity index (χ4n) is 7.06. The van der Waals surface area contributed by atoms with Crippen LogP contribution in [0.4, 0.5) is 0 Å². The van der Waals surface area contributed by atoms with E-state index in [2.05, 4.69) is 106 Å². The molecule has 42 heavy (non-hydrogen) atoms. The second-order valence-electron chi connectivity index (χ2n) is 11.5. The Morgan fingerprint density at radius 3 is 2.38 bits per heavy atom. The van der Waals surface area contributed by atoms with Crippen LogP contribution >= 0.6 is 0 Å². The minimum absolute atomic E-state index is 0.0648. The van der Waals surface area contributed by atoms with E-state index in [0.717, 1.165) is 57.5 Å². The lowest BCUT2D eigenvalue weighted by atomic mass is 9.78. The van der Waals surface area contributed by atoms with Crippen LogP contribution in [0.2, 0.25) is 0 Å². The SMILES string of the molecule is C=CC1=NC2CC(=C)/N=C(/C=C)c3c(ccc4c3oc3cc(-c5c(C)cccc5C)ccc34)CCC2c2ccccc21. The molecule has 1 aromatic heterocycles. The maximum Gasteiger partial charge on any atom is 0.145 e. The summed E-state index contributed by atoms with van der Waals surface area (Å²) in [6.07, 6.45) is 6.23. The van der Waals surface area contributed by atoms with Gasteiger partial charge in [-0.25, -0.2) is 0 Å². The summed E-state index contributed by atoms with van der Waals surface area (Å²) in [4.78, 5) is 10.2. The zero-order valence-electron chi connectivity index (χ0n) is 24.3. The molecule has 0 aliphatic carbocycles. The average molecular weight is 547 g/mol. The van der Waals surface area contributed by atoms with E-state index in [0.29, 0.717) is 6.42 Å². The van der Waals surface area contributed by atoms with E-state index in [1.165, 1.54) is 38.9 Å². The number of rotatable bonds is 3.